The van der Waals surface area contributed by atoms with E-state index in [0.717, 1.165) is 5.56 Å². The summed E-state index contributed by atoms with van der Waals surface area (Å²) in [5.74, 6) is 1.74. The molecule has 0 amide bonds. The van der Waals surface area contributed by atoms with E-state index >= 15 is 0 Å². The summed E-state index contributed by atoms with van der Waals surface area (Å²) >= 11 is 0. The van der Waals surface area contributed by atoms with Gasteiger partial charge in [0.2, 0.25) is 27.5 Å². The maximum Gasteiger partial charge on any atom is 0.266 e. The molecule has 0 radical (unpaired) electrons. The number of sulfone groups is 1. The Hall–Kier alpha value is -3.72. The number of ether oxygens (including phenoxy) is 2. The molecule has 0 saturated heterocycles. The van der Waals surface area contributed by atoms with Crippen molar-refractivity contribution < 1.29 is 26.7 Å². The topological polar surface area (TPSA) is 104 Å². The van der Waals surface area contributed by atoms with Crippen LogP contribution in [0.2, 0.25) is 0 Å². The predicted octanol–water partition coefficient (Wildman–Crippen LogP) is 4.11. The second-order valence-electron chi connectivity index (χ2n) is 6.49. The molecule has 0 bridgehead atoms. The molecule has 4 aromatic rings. The van der Waals surface area contributed by atoms with Gasteiger partial charge < -0.3 is 23.6 Å². The third-order valence-electron chi connectivity index (χ3n) is 4.53. The minimum absolute atomic E-state index is 0.0305. The largest absolute Gasteiger partial charge is 0.459 e. The molecule has 0 atom stereocenters. The minimum atomic E-state index is -3.91. The van der Waals surface area contributed by atoms with Gasteiger partial charge in [0, 0.05) is 6.54 Å². The lowest BCUT2D eigenvalue weighted by Gasteiger charge is -2.07. The molecular weight excluding hydrogens is 408 g/mol. The number of anilines is 1. The van der Waals surface area contributed by atoms with E-state index in [-0.39, 0.29) is 28.5 Å². The van der Waals surface area contributed by atoms with Crippen LogP contribution in [0.3, 0.4) is 0 Å². The standard InChI is InChI=1S/C21H16N2O6S/c24-30(25,15-5-2-1-3-6-15)21-20(29-19(23-21)17-7-4-10-26-17)22-12-14-8-9-16-18(11-14)28-13-27-16/h1-11,22H,12-13H2. The van der Waals surface area contributed by atoms with Gasteiger partial charge in [0.05, 0.1) is 11.2 Å². The van der Waals surface area contributed by atoms with E-state index in [9.17, 15) is 8.42 Å². The molecule has 1 N–H and O–H groups in total. The summed E-state index contributed by atoms with van der Waals surface area (Å²) in [6.07, 6.45) is 1.46. The maximum atomic E-state index is 13.2. The van der Waals surface area contributed by atoms with E-state index in [1.54, 1.807) is 36.4 Å². The summed E-state index contributed by atoms with van der Waals surface area (Å²) in [4.78, 5) is 4.34. The van der Waals surface area contributed by atoms with Gasteiger partial charge >= 0.3 is 0 Å². The van der Waals surface area contributed by atoms with E-state index in [4.69, 9.17) is 18.3 Å². The van der Waals surface area contributed by atoms with Gasteiger partial charge in [-0.1, -0.05) is 24.3 Å². The van der Waals surface area contributed by atoms with E-state index in [2.05, 4.69) is 10.3 Å². The van der Waals surface area contributed by atoms with Gasteiger partial charge in [0.1, 0.15) is 0 Å². The van der Waals surface area contributed by atoms with Crippen LogP contribution >= 0.6 is 0 Å². The average Bonchev–Trinajstić information content (AvgIpc) is 3.52. The smallest absolute Gasteiger partial charge is 0.266 e. The van der Waals surface area contributed by atoms with Gasteiger partial charge in [0.15, 0.2) is 17.3 Å². The summed E-state index contributed by atoms with van der Waals surface area (Å²) in [6.45, 7) is 0.473. The van der Waals surface area contributed by atoms with Crippen LogP contribution in [0.1, 0.15) is 5.56 Å². The Kier molecular flexibility index (Phi) is 4.44. The maximum absolute atomic E-state index is 13.2. The molecule has 5 rings (SSSR count). The van der Waals surface area contributed by atoms with E-state index in [1.807, 2.05) is 12.1 Å². The third kappa shape index (κ3) is 3.29. The van der Waals surface area contributed by atoms with Crippen LogP contribution in [-0.2, 0) is 16.4 Å². The molecule has 152 valence electrons. The fourth-order valence-corrected chi connectivity index (χ4v) is 4.35. The Morgan fingerprint density at radius 1 is 0.967 bits per heavy atom. The Balaban J connectivity index is 1.50. The Morgan fingerprint density at radius 2 is 1.80 bits per heavy atom. The summed E-state index contributed by atoms with van der Waals surface area (Å²) < 4.78 is 48.1. The molecule has 0 unspecified atom stereocenters. The van der Waals surface area contributed by atoms with Gasteiger partial charge in [-0.05, 0) is 42.0 Å². The number of oxazole rings is 1. The first-order valence-corrected chi connectivity index (χ1v) is 10.6. The highest BCUT2D eigenvalue weighted by molar-refractivity contribution is 7.91. The molecule has 1 aliphatic rings. The minimum Gasteiger partial charge on any atom is -0.459 e. The zero-order chi connectivity index (χ0) is 20.6. The molecule has 0 fully saturated rings. The molecule has 2 aromatic heterocycles. The van der Waals surface area contributed by atoms with Crippen molar-refractivity contribution in [3.63, 3.8) is 0 Å². The number of hydrogen-bond donors (Lipinski definition) is 1. The first kappa shape index (κ1) is 18.3. The van der Waals surface area contributed by atoms with Gasteiger partial charge in [-0.15, -0.1) is 0 Å². The van der Waals surface area contributed by atoms with Crippen molar-refractivity contribution in [2.24, 2.45) is 0 Å². The van der Waals surface area contributed by atoms with Crippen molar-refractivity contribution in [2.75, 3.05) is 12.1 Å². The fourth-order valence-electron chi connectivity index (χ4n) is 3.05. The Bertz CT molecular complexity index is 1280. The lowest BCUT2D eigenvalue weighted by molar-refractivity contribution is 0.174. The highest BCUT2D eigenvalue weighted by Gasteiger charge is 2.29. The van der Waals surface area contributed by atoms with Gasteiger partial charge in [-0.2, -0.15) is 4.98 Å². The van der Waals surface area contributed by atoms with Gasteiger partial charge in [-0.25, -0.2) is 8.42 Å². The summed E-state index contributed by atoms with van der Waals surface area (Å²) in [5.41, 5.74) is 0.859. The number of benzene rings is 2. The van der Waals surface area contributed by atoms with Crippen molar-refractivity contribution >= 4 is 15.7 Å². The molecular formula is C21H16N2O6S. The van der Waals surface area contributed by atoms with Gasteiger partial charge in [0.25, 0.3) is 5.89 Å². The van der Waals surface area contributed by atoms with Crippen molar-refractivity contribution in [3.05, 3.63) is 72.5 Å². The Morgan fingerprint density at radius 3 is 2.60 bits per heavy atom. The average molecular weight is 424 g/mol. The molecule has 2 aromatic carbocycles. The second kappa shape index (κ2) is 7.27. The lowest BCUT2D eigenvalue weighted by Crippen LogP contribution is -2.07. The number of rotatable bonds is 6. The molecule has 0 saturated carbocycles. The molecule has 3 heterocycles. The Labute approximate surface area is 172 Å². The summed E-state index contributed by atoms with van der Waals surface area (Å²) in [7, 11) is -3.91. The van der Waals surface area contributed by atoms with Crippen LogP contribution in [0, 0.1) is 0 Å². The summed E-state index contributed by atoms with van der Waals surface area (Å²) in [6, 6.07) is 16.9. The number of nitrogens with one attached hydrogen (secondary N) is 1. The van der Waals surface area contributed by atoms with Crippen molar-refractivity contribution in [3.8, 4) is 23.1 Å². The van der Waals surface area contributed by atoms with E-state index in [0.29, 0.717) is 23.8 Å². The normalized spacial score (nSPS) is 12.8. The number of aromatic nitrogens is 1. The zero-order valence-corrected chi connectivity index (χ0v) is 16.4. The molecule has 0 aliphatic carbocycles. The predicted molar refractivity (Wildman–Crippen MR) is 106 cm³/mol. The molecule has 0 spiro atoms. The second-order valence-corrected chi connectivity index (χ2v) is 8.35. The quantitative estimate of drug-likeness (QED) is 0.493. The first-order chi connectivity index (χ1) is 14.6. The van der Waals surface area contributed by atoms with Crippen LogP contribution < -0.4 is 14.8 Å². The molecule has 9 heteroatoms. The number of hydrogen-bond acceptors (Lipinski definition) is 8. The van der Waals surface area contributed by atoms with Crippen molar-refractivity contribution in [1.82, 2.24) is 4.98 Å². The molecule has 8 nitrogen and oxygen atoms in total. The summed E-state index contributed by atoms with van der Waals surface area (Å²) in [5, 5.41) is 2.83. The number of nitrogens with zero attached hydrogens (tertiary/aromatic N) is 1. The van der Waals surface area contributed by atoms with Crippen molar-refractivity contribution in [1.29, 1.82) is 0 Å². The SMILES string of the molecule is O=S(=O)(c1ccccc1)c1nc(-c2ccco2)oc1NCc1ccc2c(c1)OCO2. The number of fused-ring (bicyclic) bond motifs is 1. The van der Waals surface area contributed by atoms with E-state index in [1.165, 1.54) is 18.4 Å². The third-order valence-corrected chi connectivity index (χ3v) is 6.20. The molecule has 30 heavy (non-hydrogen) atoms. The first-order valence-electron chi connectivity index (χ1n) is 9.08. The van der Waals surface area contributed by atoms with E-state index < -0.39 is 9.84 Å². The van der Waals surface area contributed by atoms with Crippen LogP contribution in [0.25, 0.3) is 11.7 Å². The fraction of sp³-hybridized carbons (Fsp3) is 0.0952. The van der Waals surface area contributed by atoms with Crippen LogP contribution in [0.15, 0.2) is 85.7 Å². The zero-order valence-electron chi connectivity index (χ0n) is 15.6. The van der Waals surface area contributed by atoms with Crippen LogP contribution in [0.5, 0.6) is 11.5 Å². The van der Waals surface area contributed by atoms with Gasteiger partial charge in [-0.3, -0.25) is 0 Å². The number of furan rings is 1. The monoisotopic (exact) mass is 424 g/mol. The lowest BCUT2D eigenvalue weighted by atomic mass is 10.2. The van der Waals surface area contributed by atoms with Crippen LogP contribution in [-0.4, -0.2) is 20.2 Å². The highest BCUT2D eigenvalue weighted by atomic mass is 32.2. The highest BCUT2D eigenvalue weighted by Crippen LogP contribution is 2.35. The molecule has 1 aliphatic heterocycles. The van der Waals surface area contributed by atoms with Crippen LogP contribution in [0.4, 0.5) is 5.88 Å². The van der Waals surface area contributed by atoms with Crippen molar-refractivity contribution in [2.45, 2.75) is 16.5 Å².